The fraction of sp³-hybridized carbons (Fsp3) is 0.350. The van der Waals surface area contributed by atoms with Crippen LogP contribution in [0.3, 0.4) is 0 Å². The Morgan fingerprint density at radius 2 is 2.08 bits per heavy atom. The van der Waals surface area contributed by atoms with Crippen molar-refractivity contribution in [2.24, 2.45) is 5.92 Å². The number of carbonyl (C=O) groups is 1. The fourth-order valence-electron chi connectivity index (χ4n) is 3.22. The average molecular weight is 360 g/mol. The van der Waals surface area contributed by atoms with Crippen molar-refractivity contribution in [3.8, 4) is 0 Å². The van der Waals surface area contributed by atoms with Gasteiger partial charge in [-0.25, -0.2) is 8.78 Å². The maximum Gasteiger partial charge on any atom is 0.251 e. The molecule has 0 aliphatic carbocycles. The molecule has 0 unspecified atom stereocenters. The lowest BCUT2D eigenvalue weighted by atomic mass is 10.1. The predicted octanol–water partition coefficient (Wildman–Crippen LogP) is 3.37. The summed E-state index contributed by atoms with van der Waals surface area (Å²) in [6.45, 7) is 2.48. The van der Waals surface area contributed by atoms with E-state index in [0.717, 1.165) is 24.6 Å². The molecule has 0 aromatic heterocycles. The van der Waals surface area contributed by atoms with Crippen LogP contribution in [0.25, 0.3) is 0 Å². The SMILES string of the molecule is COCc1cccc(C(=O)NC[C@@H]2CCN(c3ccc(F)c(F)c3)C2)c1. The Morgan fingerprint density at radius 3 is 2.85 bits per heavy atom. The van der Waals surface area contributed by atoms with E-state index < -0.39 is 11.6 Å². The molecule has 0 spiro atoms. The van der Waals surface area contributed by atoms with Crippen LogP contribution in [-0.4, -0.2) is 32.7 Å². The lowest BCUT2D eigenvalue weighted by Crippen LogP contribution is -2.31. The van der Waals surface area contributed by atoms with E-state index in [1.165, 1.54) is 6.07 Å². The van der Waals surface area contributed by atoms with Crippen LogP contribution in [0.1, 0.15) is 22.3 Å². The molecule has 1 heterocycles. The second-order valence-corrected chi connectivity index (χ2v) is 6.54. The molecular formula is C20H22F2N2O2. The quantitative estimate of drug-likeness (QED) is 0.859. The van der Waals surface area contributed by atoms with Crippen molar-refractivity contribution in [2.45, 2.75) is 13.0 Å². The van der Waals surface area contributed by atoms with Crippen LogP contribution < -0.4 is 10.2 Å². The van der Waals surface area contributed by atoms with Gasteiger partial charge in [-0.1, -0.05) is 12.1 Å². The zero-order valence-corrected chi connectivity index (χ0v) is 14.7. The molecule has 26 heavy (non-hydrogen) atoms. The number of halogens is 2. The molecule has 1 amide bonds. The Balaban J connectivity index is 1.53. The Hall–Kier alpha value is -2.47. The van der Waals surface area contributed by atoms with Gasteiger partial charge in [-0.2, -0.15) is 0 Å². The number of nitrogens with one attached hydrogen (secondary N) is 1. The summed E-state index contributed by atoms with van der Waals surface area (Å²) in [6, 6.07) is 11.3. The highest BCUT2D eigenvalue weighted by atomic mass is 19.2. The first-order valence-electron chi connectivity index (χ1n) is 8.63. The Kier molecular flexibility index (Phi) is 5.83. The smallest absolute Gasteiger partial charge is 0.251 e. The van der Waals surface area contributed by atoms with Crippen LogP contribution in [0.2, 0.25) is 0 Å². The third-order valence-corrected chi connectivity index (χ3v) is 4.61. The third-order valence-electron chi connectivity index (χ3n) is 4.61. The first-order chi connectivity index (χ1) is 12.6. The van der Waals surface area contributed by atoms with Gasteiger partial charge in [-0.3, -0.25) is 4.79 Å². The number of carbonyl (C=O) groups excluding carboxylic acids is 1. The van der Waals surface area contributed by atoms with Crippen LogP contribution in [0.15, 0.2) is 42.5 Å². The molecule has 1 aliphatic rings. The fourth-order valence-corrected chi connectivity index (χ4v) is 3.22. The summed E-state index contributed by atoms with van der Waals surface area (Å²) in [4.78, 5) is 14.3. The Labute approximate surface area is 151 Å². The predicted molar refractivity (Wildman–Crippen MR) is 96.2 cm³/mol. The van der Waals surface area contributed by atoms with Gasteiger partial charge in [0.05, 0.1) is 6.61 Å². The van der Waals surface area contributed by atoms with Crippen LogP contribution in [0.5, 0.6) is 0 Å². The first-order valence-corrected chi connectivity index (χ1v) is 8.63. The minimum atomic E-state index is -0.840. The first kappa shape index (κ1) is 18.3. The van der Waals surface area contributed by atoms with E-state index in [-0.39, 0.29) is 11.8 Å². The van der Waals surface area contributed by atoms with Crippen molar-refractivity contribution in [3.05, 3.63) is 65.2 Å². The second kappa shape index (κ2) is 8.27. The van der Waals surface area contributed by atoms with Gasteiger partial charge in [0.25, 0.3) is 5.91 Å². The number of hydrogen-bond acceptors (Lipinski definition) is 3. The standard InChI is InChI=1S/C20H22F2N2O2/c1-26-13-14-3-2-4-16(9-14)20(25)23-11-15-7-8-24(12-15)17-5-6-18(21)19(22)10-17/h2-6,9-10,15H,7-8,11-13H2,1H3,(H,23,25)/t15-/m0/s1. The molecule has 2 aromatic carbocycles. The second-order valence-electron chi connectivity index (χ2n) is 6.54. The minimum Gasteiger partial charge on any atom is -0.380 e. The van der Waals surface area contributed by atoms with Crippen molar-refractivity contribution in [1.29, 1.82) is 0 Å². The molecule has 0 saturated carbocycles. The number of rotatable bonds is 6. The molecular weight excluding hydrogens is 338 g/mol. The van der Waals surface area contributed by atoms with Crippen LogP contribution >= 0.6 is 0 Å². The van der Waals surface area contributed by atoms with Crippen LogP contribution in [0, 0.1) is 17.6 Å². The van der Waals surface area contributed by atoms with E-state index in [2.05, 4.69) is 5.32 Å². The Morgan fingerprint density at radius 1 is 1.23 bits per heavy atom. The van der Waals surface area contributed by atoms with Crippen molar-refractivity contribution in [3.63, 3.8) is 0 Å². The molecule has 1 N–H and O–H groups in total. The highest BCUT2D eigenvalue weighted by molar-refractivity contribution is 5.94. The number of methoxy groups -OCH3 is 1. The van der Waals surface area contributed by atoms with Gasteiger partial charge in [0.2, 0.25) is 0 Å². The summed E-state index contributed by atoms with van der Waals surface area (Å²) in [5, 5.41) is 2.96. The molecule has 6 heteroatoms. The molecule has 1 fully saturated rings. The van der Waals surface area contributed by atoms with Gasteiger partial charge in [0, 0.05) is 44.1 Å². The zero-order chi connectivity index (χ0) is 18.5. The van der Waals surface area contributed by atoms with E-state index in [9.17, 15) is 13.6 Å². The molecule has 138 valence electrons. The van der Waals surface area contributed by atoms with Gasteiger partial charge < -0.3 is 15.0 Å². The van der Waals surface area contributed by atoms with Crippen molar-refractivity contribution >= 4 is 11.6 Å². The molecule has 1 atom stereocenters. The number of ether oxygens (including phenoxy) is 1. The maximum atomic E-state index is 13.4. The molecule has 0 radical (unpaired) electrons. The van der Waals surface area contributed by atoms with E-state index in [4.69, 9.17) is 4.74 Å². The summed E-state index contributed by atoms with van der Waals surface area (Å²) in [5.41, 5.74) is 2.23. The third kappa shape index (κ3) is 4.38. The van der Waals surface area contributed by atoms with Crippen molar-refractivity contribution in [2.75, 3.05) is 31.6 Å². The molecule has 1 saturated heterocycles. The lowest BCUT2D eigenvalue weighted by Gasteiger charge is -2.19. The highest BCUT2D eigenvalue weighted by Crippen LogP contribution is 2.25. The molecule has 2 aromatic rings. The number of anilines is 1. The van der Waals surface area contributed by atoms with Gasteiger partial charge in [0.15, 0.2) is 11.6 Å². The molecule has 1 aliphatic heterocycles. The lowest BCUT2D eigenvalue weighted by molar-refractivity contribution is 0.0948. The average Bonchev–Trinajstić information content (AvgIpc) is 3.11. The monoisotopic (exact) mass is 360 g/mol. The van der Waals surface area contributed by atoms with E-state index in [1.807, 2.05) is 23.1 Å². The summed E-state index contributed by atoms with van der Waals surface area (Å²) >= 11 is 0. The summed E-state index contributed by atoms with van der Waals surface area (Å²) in [6.07, 6.45) is 0.892. The summed E-state index contributed by atoms with van der Waals surface area (Å²) in [5.74, 6) is -1.52. The van der Waals surface area contributed by atoms with Crippen molar-refractivity contribution < 1.29 is 18.3 Å². The Bertz CT molecular complexity index is 782. The van der Waals surface area contributed by atoms with E-state index >= 15 is 0 Å². The highest BCUT2D eigenvalue weighted by Gasteiger charge is 2.24. The number of benzene rings is 2. The van der Waals surface area contributed by atoms with Gasteiger partial charge >= 0.3 is 0 Å². The summed E-state index contributed by atoms with van der Waals surface area (Å²) < 4.78 is 31.5. The zero-order valence-electron chi connectivity index (χ0n) is 14.7. The maximum absolute atomic E-state index is 13.4. The summed E-state index contributed by atoms with van der Waals surface area (Å²) in [7, 11) is 1.62. The van der Waals surface area contributed by atoms with Gasteiger partial charge in [0.1, 0.15) is 0 Å². The molecule has 3 rings (SSSR count). The number of amides is 1. The largest absolute Gasteiger partial charge is 0.380 e. The molecule has 0 bridgehead atoms. The van der Waals surface area contributed by atoms with E-state index in [1.54, 1.807) is 19.2 Å². The topological polar surface area (TPSA) is 41.6 Å². The minimum absolute atomic E-state index is 0.116. The van der Waals surface area contributed by atoms with Gasteiger partial charge in [-0.15, -0.1) is 0 Å². The van der Waals surface area contributed by atoms with Crippen LogP contribution in [0.4, 0.5) is 14.5 Å². The molecule has 4 nitrogen and oxygen atoms in total. The van der Waals surface area contributed by atoms with Crippen LogP contribution in [-0.2, 0) is 11.3 Å². The van der Waals surface area contributed by atoms with Crippen molar-refractivity contribution in [1.82, 2.24) is 5.32 Å². The van der Waals surface area contributed by atoms with Gasteiger partial charge in [-0.05, 0) is 42.2 Å². The number of nitrogens with zero attached hydrogens (tertiary/aromatic N) is 1. The number of hydrogen-bond donors (Lipinski definition) is 1. The normalized spacial score (nSPS) is 16.7. The van der Waals surface area contributed by atoms with E-state index in [0.29, 0.717) is 30.9 Å².